The van der Waals surface area contributed by atoms with Crippen molar-refractivity contribution in [2.45, 2.75) is 25.8 Å². The van der Waals surface area contributed by atoms with Gasteiger partial charge in [-0.05, 0) is 49.6 Å². The average Bonchev–Trinajstić information content (AvgIpc) is 2.64. The molecular weight excluding hydrogens is 350 g/mol. The molecule has 0 radical (unpaired) electrons. The van der Waals surface area contributed by atoms with E-state index in [-0.39, 0.29) is 30.3 Å². The van der Waals surface area contributed by atoms with Crippen molar-refractivity contribution in [2.75, 3.05) is 18.8 Å². The highest BCUT2D eigenvalue weighted by atomic mass is 35.5. The van der Waals surface area contributed by atoms with Crippen molar-refractivity contribution in [1.29, 1.82) is 0 Å². The van der Waals surface area contributed by atoms with Crippen LogP contribution in [0.2, 0.25) is 0 Å². The van der Waals surface area contributed by atoms with Crippen molar-refractivity contribution < 1.29 is 9.59 Å². The number of nitrogen functional groups attached to an aromatic ring is 1. The Balaban J connectivity index is 0.00000243. The minimum Gasteiger partial charge on any atom is -0.399 e. The number of anilines is 1. The number of hydrogen-bond donors (Lipinski definition) is 2. The molecule has 0 spiro atoms. The molecule has 1 fully saturated rings. The smallest absolute Gasteiger partial charge is 0.254 e. The van der Waals surface area contributed by atoms with Crippen LogP contribution in [0.1, 0.15) is 39.1 Å². The Kier molecular flexibility index (Phi) is 6.64. The number of hydrogen-bond acceptors (Lipinski definition) is 3. The second-order valence-electron chi connectivity index (χ2n) is 6.48. The highest BCUT2D eigenvalue weighted by molar-refractivity contribution is 5.96. The van der Waals surface area contributed by atoms with Gasteiger partial charge in [-0.25, -0.2) is 0 Å². The number of halogens is 1. The maximum Gasteiger partial charge on any atom is 0.254 e. The molecule has 3 rings (SSSR count). The quantitative estimate of drug-likeness (QED) is 0.812. The molecule has 138 valence electrons. The Bertz CT molecular complexity index is 772. The van der Waals surface area contributed by atoms with Crippen LogP contribution in [-0.4, -0.2) is 35.8 Å². The van der Waals surface area contributed by atoms with E-state index >= 15 is 0 Å². The van der Waals surface area contributed by atoms with Gasteiger partial charge in [0.15, 0.2) is 0 Å². The van der Waals surface area contributed by atoms with Crippen molar-refractivity contribution in [1.82, 2.24) is 10.2 Å². The Morgan fingerprint density at radius 1 is 1.08 bits per heavy atom. The van der Waals surface area contributed by atoms with E-state index in [0.717, 1.165) is 18.4 Å². The number of nitrogens with one attached hydrogen (secondary N) is 1. The van der Waals surface area contributed by atoms with Crippen LogP contribution in [0.3, 0.4) is 0 Å². The lowest BCUT2D eigenvalue weighted by atomic mass is 10.0. The third kappa shape index (κ3) is 4.55. The summed E-state index contributed by atoms with van der Waals surface area (Å²) in [5.41, 5.74) is 8.66. The van der Waals surface area contributed by atoms with Gasteiger partial charge in [0.1, 0.15) is 0 Å². The van der Waals surface area contributed by atoms with E-state index in [0.29, 0.717) is 29.9 Å². The van der Waals surface area contributed by atoms with Crippen molar-refractivity contribution in [3.8, 4) is 0 Å². The summed E-state index contributed by atoms with van der Waals surface area (Å²) >= 11 is 0. The largest absolute Gasteiger partial charge is 0.399 e. The Morgan fingerprint density at radius 3 is 2.38 bits per heavy atom. The van der Waals surface area contributed by atoms with Gasteiger partial charge >= 0.3 is 0 Å². The maximum absolute atomic E-state index is 12.7. The van der Waals surface area contributed by atoms with Gasteiger partial charge < -0.3 is 16.0 Å². The first-order valence-corrected chi connectivity index (χ1v) is 8.56. The summed E-state index contributed by atoms with van der Waals surface area (Å²) < 4.78 is 0. The number of benzene rings is 2. The first-order chi connectivity index (χ1) is 12.0. The molecule has 2 aromatic carbocycles. The summed E-state index contributed by atoms with van der Waals surface area (Å²) in [6.07, 6.45) is 1.51. The molecule has 2 aromatic rings. The van der Waals surface area contributed by atoms with Crippen LogP contribution >= 0.6 is 12.4 Å². The maximum atomic E-state index is 12.7. The summed E-state index contributed by atoms with van der Waals surface area (Å²) in [4.78, 5) is 26.8. The Morgan fingerprint density at radius 2 is 1.73 bits per heavy atom. The van der Waals surface area contributed by atoms with Gasteiger partial charge in [-0.3, -0.25) is 9.59 Å². The predicted octanol–water partition coefficient (Wildman–Crippen LogP) is 3.03. The number of nitrogens with zero attached hydrogens (tertiary/aromatic N) is 1. The molecule has 5 nitrogen and oxygen atoms in total. The zero-order valence-corrected chi connectivity index (χ0v) is 15.6. The molecule has 0 bridgehead atoms. The number of aryl methyl sites for hydroxylation is 1. The van der Waals surface area contributed by atoms with Crippen LogP contribution in [0.25, 0.3) is 0 Å². The number of nitrogens with two attached hydrogens (primary N) is 1. The summed E-state index contributed by atoms with van der Waals surface area (Å²) in [5.74, 6) is -0.0466. The fourth-order valence-electron chi connectivity index (χ4n) is 3.13. The van der Waals surface area contributed by atoms with Crippen LogP contribution in [0.15, 0.2) is 48.5 Å². The summed E-state index contributed by atoms with van der Waals surface area (Å²) in [6, 6.07) is 14.7. The van der Waals surface area contributed by atoms with Gasteiger partial charge in [0.25, 0.3) is 11.8 Å². The molecule has 2 amide bonds. The zero-order chi connectivity index (χ0) is 17.8. The number of carbonyl (C=O) groups is 2. The van der Waals surface area contributed by atoms with Crippen LogP contribution in [-0.2, 0) is 0 Å². The third-order valence-corrected chi connectivity index (χ3v) is 4.65. The molecule has 6 heteroatoms. The monoisotopic (exact) mass is 373 g/mol. The standard InChI is InChI=1S/C20H23N3O2.ClH/c1-14-7-8-16(21)13-18(14)20(25)23-11-9-17(10-12-23)22-19(24)15-5-3-2-4-6-15;/h2-8,13,17H,9-12,21H2,1H3,(H,22,24);1H. The third-order valence-electron chi connectivity index (χ3n) is 4.65. The summed E-state index contributed by atoms with van der Waals surface area (Å²) in [7, 11) is 0. The van der Waals surface area contributed by atoms with E-state index in [1.54, 1.807) is 24.3 Å². The minimum absolute atomic E-state index is 0. The molecule has 0 saturated carbocycles. The van der Waals surface area contributed by atoms with E-state index in [1.807, 2.05) is 36.1 Å². The first kappa shape index (κ1) is 19.8. The lowest BCUT2D eigenvalue weighted by Gasteiger charge is -2.32. The van der Waals surface area contributed by atoms with Crippen LogP contribution in [0.4, 0.5) is 5.69 Å². The number of piperidine rings is 1. The molecule has 0 aliphatic carbocycles. The molecule has 26 heavy (non-hydrogen) atoms. The highest BCUT2D eigenvalue weighted by Crippen LogP contribution is 2.19. The lowest BCUT2D eigenvalue weighted by molar-refractivity contribution is 0.0697. The molecule has 1 aliphatic heterocycles. The van der Waals surface area contributed by atoms with E-state index in [2.05, 4.69) is 5.32 Å². The highest BCUT2D eigenvalue weighted by Gasteiger charge is 2.25. The molecule has 1 saturated heterocycles. The zero-order valence-electron chi connectivity index (χ0n) is 14.8. The van der Waals surface area contributed by atoms with E-state index in [1.165, 1.54) is 0 Å². The van der Waals surface area contributed by atoms with Gasteiger partial charge in [-0.15, -0.1) is 12.4 Å². The van der Waals surface area contributed by atoms with Gasteiger partial charge in [0, 0.05) is 35.9 Å². The second-order valence-corrected chi connectivity index (χ2v) is 6.48. The molecular formula is C20H24ClN3O2. The molecule has 3 N–H and O–H groups in total. The fraction of sp³-hybridized carbons (Fsp3) is 0.300. The molecule has 1 aliphatic rings. The normalized spacial score (nSPS) is 14.4. The topological polar surface area (TPSA) is 75.4 Å². The summed E-state index contributed by atoms with van der Waals surface area (Å²) in [5, 5.41) is 3.06. The number of amides is 2. The Hall–Kier alpha value is -2.53. The van der Waals surface area contributed by atoms with Crippen molar-refractivity contribution >= 4 is 29.9 Å². The lowest BCUT2D eigenvalue weighted by Crippen LogP contribution is -2.46. The average molecular weight is 374 g/mol. The van der Waals surface area contributed by atoms with Crippen LogP contribution in [0, 0.1) is 6.92 Å². The van der Waals surface area contributed by atoms with Gasteiger partial charge in [-0.2, -0.15) is 0 Å². The predicted molar refractivity (Wildman–Crippen MR) is 106 cm³/mol. The first-order valence-electron chi connectivity index (χ1n) is 8.56. The second kappa shape index (κ2) is 8.72. The SMILES string of the molecule is Cc1ccc(N)cc1C(=O)N1CCC(NC(=O)c2ccccc2)CC1.Cl. The number of likely N-dealkylation sites (tertiary alicyclic amines) is 1. The summed E-state index contributed by atoms with van der Waals surface area (Å²) in [6.45, 7) is 3.18. The minimum atomic E-state index is -0.0583. The van der Waals surface area contributed by atoms with E-state index in [4.69, 9.17) is 5.73 Å². The van der Waals surface area contributed by atoms with Crippen LogP contribution < -0.4 is 11.1 Å². The molecule has 1 heterocycles. The van der Waals surface area contributed by atoms with Crippen molar-refractivity contribution in [2.24, 2.45) is 0 Å². The van der Waals surface area contributed by atoms with E-state index in [9.17, 15) is 9.59 Å². The van der Waals surface area contributed by atoms with Gasteiger partial charge in [0.05, 0.1) is 0 Å². The van der Waals surface area contributed by atoms with Crippen LogP contribution in [0.5, 0.6) is 0 Å². The van der Waals surface area contributed by atoms with E-state index < -0.39 is 0 Å². The number of rotatable bonds is 3. The fourth-order valence-corrected chi connectivity index (χ4v) is 3.13. The van der Waals surface area contributed by atoms with Gasteiger partial charge in [-0.1, -0.05) is 24.3 Å². The molecule has 0 aromatic heterocycles. The molecule has 0 atom stereocenters. The molecule has 0 unspecified atom stereocenters. The number of carbonyl (C=O) groups excluding carboxylic acids is 2. The van der Waals surface area contributed by atoms with Crippen molar-refractivity contribution in [3.05, 3.63) is 65.2 Å². The van der Waals surface area contributed by atoms with Gasteiger partial charge in [0.2, 0.25) is 0 Å². The van der Waals surface area contributed by atoms with Crippen molar-refractivity contribution in [3.63, 3.8) is 0 Å². The Labute approximate surface area is 160 Å².